The minimum absolute atomic E-state index is 0.0250. The molecule has 6 rings (SSSR count). The Bertz CT molecular complexity index is 3050. The van der Waals surface area contributed by atoms with Crippen LogP contribution >= 0.6 is 23.2 Å². The molecular weight excluding hydrogens is 986 g/mol. The molecule has 0 spiro atoms. The van der Waals surface area contributed by atoms with Crippen molar-refractivity contribution in [3.8, 4) is 22.9 Å². The predicted molar refractivity (Wildman–Crippen MR) is 281 cm³/mol. The van der Waals surface area contributed by atoms with Gasteiger partial charge in [0.25, 0.3) is 11.1 Å². The lowest BCUT2D eigenvalue weighted by Gasteiger charge is -2.23. The molecule has 4 N–H and O–H groups in total. The maximum absolute atomic E-state index is 13.8. The molecular formula is C54H64Cl2F2N6O9. The Morgan fingerprint density at radius 3 is 1.44 bits per heavy atom. The quantitative estimate of drug-likeness (QED) is 0.0656. The average Bonchev–Trinajstić information content (AvgIpc) is 3.66. The molecule has 0 saturated carbocycles. The number of hydrogen-bond acceptors (Lipinski definition) is 9. The van der Waals surface area contributed by atoms with E-state index < -0.39 is 28.4 Å². The number of amides is 1. The highest BCUT2D eigenvalue weighted by Gasteiger charge is 2.28. The summed E-state index contributed by atoms with van der Waals surface area (Å²) in [6.07, 6.45) is 1.13. The molecule has 19 heteroatoms. The number of aromatic nitrogens is 4. The van der Waals surface area contributed by atoms with E-state index in [2.05, 4.69) is 5.32 Å². The third-order valence-corrected chi connectivity index (χ3v) is 12.6. The van der Waals surface area contributed by atoms with E-state index in [4.69, 9.17) is 43.5 Å². The summed E-state index contributed by atoms with van der Waals surface area (Å²) in [6, 6.07) is 23.4. The van der Waals surface area contributed by atoms with Crippen molar-refractivity contribution in [1.29, 1.82) is 0 Å². The van der Waals surface area contributed by atoms with Gasteiger partial charge < -0.3 is 25.6 Å². The highest BCUT2D eigenvalue weighted by atomic mass is 35.5. The molecule has 392 valence electrons. The Hall–Kier alpha value is -6.98. The molecule has 1 amide bonds. The molecule has 0 aliphatic heterocycles. The van der Waals surface area contributed by atoms with E-state index in [0.29, 0.717) is 36.5 Å². The second-order valence-electron chi connectivity index (χ2n) is 18.8. The van der Waals surface area contributed by atoms with Crippen LogP contribution in [0.4, 0.5) is 20.2 Å². The zero-order valence-corrected chi connectivity index (χ0v) is 44.3. The van der Waals surface area contributed by atoms with E-state index in [1.165, 1.54) is 16.8 Å². The van der Waals surface area contributed by atoms with Crippen molar-refractivity contribution >= 4 is 58.0 Å². The third kappa shape index (κ3) is 15.5. The topological polar surface area (TPSA) is 199 Å². The van der Waals surface area contributed by atoms with Crippen LogP contribution in [0, 0.1) is 36.3 Å². The number of anilines is 2. The number of ketones is 2. The Morgan fingerprint density at radius 2 is 1.05 bits per heavy atom. The molecule has 0 atom stereocenters. The summed E-state index contributed by atoms with van der Waals surface area (Å²) < 4.78 is 44.5. The Morgan fingerprint density at radius 1 is 0.658 bits per heavy atom. The summed E-state index contributed by atoms with van der Waals surface area (Å²) in [6.45, 7) is 15.0. The number of ether oxygens (including phenoxy) is 2. The summed E-state index contributed by atoms with van der Waals surface area (Å²) in [5.41, 5.74) is 8.04. The number of carboxylic acids is 1. The molecule has 0 aliphatic rings. The summed E-state index contributed by atoms with van der Waals surface area (Å²) in [5, 5.41) is 11.3. The first-order valence-corrected chi connectivity index (χ1v) is 24.2. The average molecular weight is 1050 g/mol. The van der Waals surface area contributed by atoms with Gasteiger partial charge in [-0.15, -0.1) is 0 Å². The van der Waals surface area contributed by atoms with Crippen LogP contribution in [0.25, 0.3) is 11.4 Å². The maximum atomic E-state index is 13.8. The third-order valence-electron chi connectivity index (χ3n) is 12.0. The number of nitrogens with zero attached hydrogens (tertiary/aromatic N) is 4. The lowest BCUT2D eigenvalue weighted by atomic mass is 9.82. The van der Waals surface area contributed by atoms with Gasteiger partial charge in [0.15, 0.2) is 11.6 Å². The van der Waals surface area contributed by atoms with E-state index in [1.54, 1.807) is 55.7 Å². The monoisotopic (exact) mass is 1050 g/mol. The highest BCUT2D eigenvalue weighted by Crippen LogP contribution is 2.33. The van der Waals surface area contributed by atoms with Gasteiger partial charge >= 0.3 is 5.97 Å². The van der Waals surface area contributed by atoms with Crippen LogP contribution in [0.1, 0.15) is 112 Å². The number of para-hydroxylation sites is 2. The second-order valence-corrected chi connectivity index (χ2v) is 19.6. The van der Waals surface area contributed by atoms with Crippen molar-refractivity contribution in [2.75, 3.05) is 24.3 Å². The molecule has 2 heterocycles. The minimum Gasteiger partial charge on any atom is -0.493 e. The summed E-state index contributed by atoms with van der Waals surface area (Å²) in [4.78, 5) is 73.8. The summed E-state index contributed by atoms with van der Waals surface area (Å²) in [5.74, 6) is -2.72. The predicted octanol–water partition coefficient (Wildman–Crippen LogP) is 11.1. The number of halogens is 4. The van der Waals surface area contributed by atoms with Gasteiger partial charge in [0.1, 0.15) is 34.5 Å². The Kier molecular flexibility index (Phi) is 20.5. The van der Waals surface area contributed by atoms with Gasteiger partial charge in [-0.2, -0.15) is 0 Å². The Balaban J connectivity index is 0.000000264. The van der Waals surface area contributed by atoms with Gasteiger partial charge in [0.05, 0.1) is 63.6 Å². The molecule has 4 aromatic carbocycles. The molecule has 0 fully saturated rings. The number of nitrogen functional groups attached to an aromatic ring is 1. The zero-order chi connectivity index (χ0) is 54.5. The first-order chi connectivity index (χ1) is 34.2. The molecule has 73 heavy (non-hydrogen) atoms. The highest BCUT2D eigenvalue weighted by molar-refractivity contribution is 6.31. The fourth-order valence-electron chi connectivity index (χ4n) is 7.72. The van der Waals surface area contributed by atoms with Crippen LogP contribution in [0.3, 0.4) is 0 Å². The fourth-order valence-corrected chi connectivity index (χ4v) is 8.05. The van der Waals surface area contributed by atoms with Gasteiger partial charge in [0, 0.05) is 45.5 Å². The van der Waals surface area contributed by atoms with Gasteiger partial charge in [-0.3, -0.25) is 38.1 Å². The number of Topliss-reactive ketones (excluding diaryl/α,β-unsaturated/α-hetero) is 2. The van der Waals surface area contributed by atoms with E-state index in [1.807, 2.05) is 88.5 Å². The number of benzene rings is 4. The normalized spacial score (nSPS) is 11.2. The van der Waals surface area contributed by atoms with Crippen LogP contribution in [0.15, 0.2) is 94.5 Å². The van der Waals surface area contributed by atoms with Crippen LogP contribution in [-0.4, -0.2) is 60.5 Å². The number of carbonyl (C=O) groups is 4. The Labute approximate surface area is 433 Å². The van der Waals surface area contributed by atoms with Crippen LogP contribution < -0.4 is 31.6 Å². The number of aliphatic carboxylic acids is 1. The van der Waals surface area contributed by atoms with Gasteiger partial charge in [-0.25, -0.2) is 18.1 Å². The van der Waals surface area contributed by atoms with E-state index in [9.17, 15) is 37.5 Å². The first-order valence-electron chi connectivity index (χ1n) is 23.5. The maximum Gasteiger partial charge on any atom is 0.303 e. The van der Waals surface area contributed by atoms with E-state index in [-0.39, 0.29) is 99.2 Å². The molecule has 2 aromatic heterocycles. The minimum atomic E-state index is -0.905. The standard InChI is InChI=1S/C27H31ClFN3O4.C16H20ClFO4.C11H13N3O/c1-6-36-23-15-21(29)20(28)14-19(23)22(33)12-13-27(3,4)16-24(34)30-25-17(2)31(5)32(26(25)35)18-10-8-7-9-11-18;1-4-22-14-8-12(18)11(17)7-10(14)13(19)5-6-16(2,3)9-15(20)21;1-8-10(12)11(15)14(13(8)2)9-6-4-3-5-7-9/h7-11,14-15H,6,12-13,16H2,1-5H3,(H,30,34);7-8H,4-6,9H2,1-3H3,(H,20,21);3-7H,12H2,1-2H3. The largest absolute Gasteiger partial charge is 0.493 e. The summed E-state index contributed by atoms with van der Waals surface area (Å²) >= 11 is 11.6. The number of carbonyl (C=O) groups excluding carboxylic acids is 3. The molecule has 0 aliphatic carbocycles. The van der Waals surface area contributed by atoms with Crippen molar-refractivity contribution in [1.82, 2.24) is 18.7 Å². The number of hydrogen-bond donors (Lipinski definition) is 3. The van der Waals surface area contributed by atoms with Crippen LogP contribution in [0.2, 0.25) is 10.0 Å². The first kappa shape index (κ1) is 58.6. The fraction of sp³-hybridized carbons (Fsp3) is 0.370. The number of nitrogens with two attached hydrogens (primary N) is 1. The zero-order valence-electron chi connectivity index (χ0n) is 42.8. The van der Waals surface area contributed by atoms with E-state index >= 15 is 0 Å². The van der Waals surface area contributed by atoms with Crippen molar-refractivity contribution in [3.63, 3.8) is 0 Å². The number of carboxylic acid groups (broad SMARTS) is 1. The lowest BCUT2D eigenvalue weighted by molar-refractivity contribution is -0.139. The molecule has 0 bridgehead atoms. The van der Waals surface area contributed by atoms with Crippen LogP contribution in [0.5, 0.6) is 11.5 Å². The van der Waals surface area contributed by atoms with Crippen molar-refractivity contribution in [3.05, 3.63) is 150 Å². The van der Waals surface area contributed by atoms with Crippen molar-refractivity contribution in [2.24, 2.45) is 24.9 Å². The second kappa shape index (κ2) is 25.6. The van der Waals surface area contributed by atoms with Crippen molar-refractivity contribution in [2.45, 2.75) is 93.9 Å². The molecule has 0 radical (unpaired) electrons. The van der Waals surface area contributed by atoms with E-state index in [0.717, 1.165) is 23.5 Å². The molecule has 15 nitrogen and oxygen atoms in total. The molecule has 6 aromatic rings. The number of rotatable bonds is 19. The lowest BCUT2D eigenvalue weighted by Crippen LogP contribution is -2.26. The van der Waals surface area contributed by atoms with Gasteiger partial charge in [-0.1, -0.05) is 87.3 Å². The molecule has 0 saturated heterocycles. The summed E-state index contributed by atoms with van der Waals surface area (Å²) in [7, 11) is 3.58. The van der Waals surface area contributed by atoms with Crippen LogP contribution in [-0.2, 0) is 23.7 Å². The van der Waals surface area contributed by atoms with Gasteiger partial charge in [-0.05, 0) is 87.8 Å². The smallest absolute Gasteiger partial charge is 0.303 e. The van der Waals surface area contributed by atoms with Crippen molar-refractivity contribution < 1.29 is 42.5 Å². The van der Waals surface area contributed by atoms with Gasteiger partial charge in [0.2, 0.25) is 5.91 Å². The number of nitrogens with one attached hydrogen (secondary N) is 1. The SMILES string of the molecule is CCOc1cc(F)c(Cl)cc1C(=O)CCC(C)(C)CC(=O)Nc1c(C)n(C)n(-c2ccccc2)c1=O.CCOc1cc(F)c(Cl)cc1C(=O)CCC(C)(C)CC(=O)O.Cc1c(N)c(=O)n(-c2ccccc2)n1C. The molecule has 0 unspecified atom stereocenters.